The predicted molar refractivity (Wildman–Crippen MR) is 132 cm³/mol. The maximum atomic E-state index is 13.3. The molecule has 0 aromatic heterocycles. The van der Waals surface area contributed by atoms with Gasteiger partial charge in [-0.25, -0.2) is 5.06 Å². The number of halogens is 1. The molecule has 2 aliphatic heterocycles. The SMILES string of the molecule is O=C1Nc2ccc(Cl)cc2C(C2=CC(=O)N(O)CC2)=NC1Cc1ccccc1-c1ccccc1. The van der Waals surface area contributed by atoms with E-state index in [0.29, 0.717) is 45.5 Å². The fraction of sp³-hybridized carbons (Fsp3) is 0.148. The number of nitrogens with zero attached hydrogens (tertiary/aromatic N) is 2. The van der Waals surface area contributed by atoms with Crippen molar-refractivity contribution in [3.05, 3.63) is 101 Å². The first-order valence-electron chi connectivity index (χ1n) is 11.0. The number of hydrogen-bond donors (Lipinski definition) is 2. The van der Waals surface area contributed by atoms with Gasteiger partial charge in [0.15, 0.2) is 0 Å². The highest BCUT2D eigenvalue weighted by molar-refractivity contribution is 6.32. The third-order valence-electron chi connectivity index (χ3n) is 6.05. The molecule has 1 atom stereocenters. The largest absolute Gasteiger partial charge is 0.324 e. The number of anilines is 1. The van der Waals surface area contributed by atoms with Crippen molar-refractivity contribution in [2.24, 2.45) is 4.99 Å². The number of hydroxylamine groups is 2. The van der Waals surface area contributed by atoms with Crippen LogP contribution in [-0.2, 0) is 16.0 Å². The fourth-order valence-electron chi connectivity index (χ4n) is 4.34. The Morgan fingerprint density at radius 1 is 1.00 bits per heavy atom. The molecule has 170 valence electrons. The van der Waals surface area contributed by atoms with Crippen LogP contribution in [0.2, 0.25) is 5.02 Å². The van der Waals surface area contributed by atoms with E-state index in [2.05, 4.69) is 5.32 Å². The molecule has 0 fully saturated rings. The second-order valence-corrected chi connectivity index (χ2v) is 8.72. The molecule has 0 spiro atoms. The zero-order chi connectivity index (χ0) is 23.7. The molecule has 0 radical (unpaired) electrons. The topological polar surface area (TPSA) is 82.0 Å². The van der Waals surface area contributed by atoms with E-state index in [9.17, 15) is 14.8 Å². The summed E-state index contributed by atoms with van der Waals surface area (Å²) in [7, 11) is 0. The molecule has 34 heavy (non-hydrogen) atoms. The minimum atomic E-state index is -0.714. The van der Waals surface area contributed by atoms with Gasteiger partial charge < -0.3 is 5.32 Å². The molecular formula is C27H22ClN3O3. The van der Waals surface area contributed by atoms with E-state index >= 15 is 0 Å². The quantitative estimate of drug-likeness (QED) is 0.530. The van der Waals surface area contributed by atoms with Crippen molar-refractivity contribution in [3.8, 4) is 11.1 Å². The first-order chi connectivity index (χ1) is 16.5. The molecule has 0 bridgehead atoms. The maximum absolute atomic E-state index is 13.3. The van der Waals surface area contributed by atoms with Crippen LogP contribution in [0.25, 0.3) is 11.1 Å². The molecule has 6 nitrogen and oxygen atoms in total. The third kappa shape index (κ3) is 4.38. The summed E-state index contributed by atoms with van der Waals surface area (Å²) in [6, 6.07) is 22.5. The van der Waals surface area contributed by atoms with Crippen molar-refractivity contribution in [2.45, 2.75) is 18.9 Å². The molecule has 2 heterocycles. The second kappa shape index (κ2) is 9.25. The Hall–Kier alpha value is -3.74. The van der Waals surface area contributed by atoms with Gasteiger partial charge in [-0.05, 0) is 46.9 Å². The lowest BCUT2D eigenvalue weighted by Crippen LogP contribution is -2.32. The number of benzodiazepines with no additional fused rings is 1. The second-order valence-electron chi connectivity index (χ2n) is 8.28. The molecule has 2 N–H and O–H groups in total. The molecular weight excluding hydrogens is 450 g/mol. The molecule has 3 aromatic rings. The summed E-state index contributed by atoms with van der Waals surface area (Å²) in [6.45, 7) is 0.155. The van der Waals surface area contributed by atoms with E-state index < -0.39 is 11.9 Å². The van der Waals surface area contributed by atoms with E-state index in [1.165, 1.54) is 6.08 Å². The van der Waals surface area contributed by atoms with E-state index in [1.54, 1.807) is 18.2 Å². The number of benzene rings is 3. The summed E-state index contributed by atoms with van der Waals surface area (Å²) in [5.41, 5.74) is 5.56. The number of hydrogen-bond acceptors (Lipinski definition) is 4. The van der Waals surface area contributed by atoms with Crippen LogP contribution in [0.15, 0.2) is 89.4 Å². The first-order valence-corrected chi connectivity index (χ1v) is 11.4. The summed E-state index contributed by atoms with van der Waals surface area (Å²) in [4.78, 5) is 30.3. The van der Waals surface area contributed by atoms with Gasteiger partial charge in [0, 0.05) is 23.1 Å². The number of rotatable bonds is 4. The molecule has 3 aromatic carbocycles. The average Bonchev–Trinajstić information content (AvgIpc) is 2.98. The van der Waals surface area contributed by atoms with Crippen LogP contribution in [0, 0.1) is 0 Å². The third-order valence-corrected chi connectivity index (χ3v) is 6.28. The normalized spacial score (nSPS) is 17.9. The Labute approximate surface area is 202 Å². The van der Waals surface area contributed by atoms with Gasteiger partial charge in [0.2, 0.25) is 5.91 Å². The lowest BCUT2D eigenvalue weighted by Gasteiger charge is -2.22. The van der Waals surface area contributed by atoms with Crippen molar-refractivity contribution in [2.75, 3.05) is 11.9 Å². The van der Waals surface area contributed by atoms with E-state index in [1.807, 2.05) is 54.6 Å². The maximum Gasteiger partial charge on any atom is 0.270 e. The highest BCUT2D eigenvalue weighted by atomic mass is 35.5. The van der Waals surface area contributed by atoms with Crippen molar-refractivity contribution in [1.29, 1.82) is 0 Å². The predicted octanol–water partition coefficient (Wildman–Crippen LogP) is 4.91. The lowest BCUT2D eigenvalue weighted by atomic mass is 9.94. The summed E-state index contributed by atoms with van der Waals surface area (Å²) in [6.07, 6.45) is 2.17. The van der Waals surface area contributed by atoms with Crippen LogP contribution in [0.1, 0.15) is 17.5 Å². The van der Waals surface area contributed by atoms with Gasteiger partial charge in [0.05, 0.1) is 17.9 Å². The number of fused-ring (bicyclic) bond motifs is 1. The molecule has 0 aliphatic carbocycles. The number of nitrogens with one attached hydrogen (secondary N) is 1. The average molecular weight is 472 g/mol. The Kier molecular flexibility index (Phi) is 6.01. The zero-order valence-electron chi connectivity index (χ0n) is 18.2. The van der Waals surface area contributed by atoms with Crippen molar-refractivity contribution < 1.29 is 14.8 Å². The highest BCUT2D eigenvalue weighted by Crippen LogP contribution is 2.31. The van der Waals surface area contributed by atoms with Gasteiger partial charge in [0.1, 0.15) is 6.04 Å². The summed E-state index contributed by atoms with van der Waals surface area (Å²) < 4.78 is 0. The molecule has 0 saturated heterocycles. The lowest BCUT2D eigenvalue weighted by molar-refractivity contribution is -0.160. The van der Waals surface area contributed by atoms with Crippen LogP contribution in [0.3, 0.4) is 0 Å². The fourth-order valence-corrected chi connectivity index (χ4v) is 4.51. The van der Waals surface area contributed by atoms with Crippen LogP contribution in [0.4, 0.5) is 5.69 Å². The minimum Gasteiger partial charge on any atom is -0.324 e. The van der Waals surface area contributed by atoms with Crippen molar-refractivity contribution in [1.82, 2.24) is 5.06 Å². The van der Waals surface area contributed by atoms with E-state index in [0.717, 1.165) is 16.7 Å². The molecule has 7 heteroatoms. The van der Waals surface area contributed by atoms with Gasteiger partial charge in [0.25, 0.3) is 5.91 Å². The molecule has 5 rings (SSSR count). The van der Waals surface area contributed by atoms with Crippen molar-refractivity contribution in [3.63, 3.8) is 0 Å². The summed E-state index contributed by atoms with van der Waals surface area (Å²) in [5, 5.41) is 13.9. The van der Waals surface area contributed by atoms with Crippen LogP contribution in [-0.4, -0.2) is 40.4 Å². The van der Waals surface area contributed by atoms with Crippen LogP contribution < -0.4 is 5.32 Å². The Morgan fingerprint density at radius 3 is 2.56 bits per heavy atom. The van der Waals surface area contributed by atoms with Crippen molar-refractivity contribution >= 4 is 34.8 Å². The number of aliphatic imine (C=N–C) groups is 1. The highest BCUT2D eigenvalue weighted by Gasteiger charge is 2.29. The van der Waals surface area contributed by atoms with E-state index in [4.69, 9.17) is 16.6 Å². The van der Waals surface area contributed by atoms with Gasteiger partial charge in [-0.3, -0.25) is 19.8 Å². The zero-order valence-corrected chi connectivity index (χ0v) is 19.0. The molecule has 0 saturated carbocycles. The first kappa shape index (κ1) is 22.1. The minimum absolute atomic E-state index is 0.155. The monoisotopic (exact) mass is 471 g/mol. The van der Waals surface area contributed by atoms with Crippen LogP contribution >= 0.6 is 11.6 Å². The number of carbonyl (C=O) groups excluding carboxylic acids is 2. The van der Waals surface area contributed by atoms with Crippen LogP contribution in [0.5, 0.6) is 0 Å². The van der Waals surface area contributed by atoms with Gasteiger partial charge >= 0.3 is 0 Å². The number of amides is 2. The van der Waals surface area contributed by atoms with Gasteiger partial charge in [-0.15, -0.1) is 0 Å². The van der Waals surface area contributed by atoms with Gasteiger partial charge in [-0.1, -0.05) is 66.2 Å². The van der Waals surface area contributed by atoms with Gasteiger partial charge in [-0.2, -0.15) is 0 Å². The Balaban J connectivity index is 1.59. The Morgan fingerprint density at radius 2 is 1.76 bits per heavy atom. The number of carbonyl (C=O) groups is 2. The smallest absolute Gasteiger partial charge is 0.270 e. The molecule has 2 aliphatic rings. The summed E-state index contributed by atoms with van der Waals surface area (Å²) in [5.74, 6) is -0.741. The molecule has 1 unspecified atom stereocenters. The summed E-state index contributed by atoms with van der Waals surface area (Å²) >= 11 is 6.27. The molecule has 2 amide bonds. The standard InChI is InChI=1S/C27H22ClN3O3/c28-20-10-11-23-22(16-20)26(19-12-13-31(34)25(32)15-19)29-24(27(33)30-23)14-18-8-4-5-9-21(18)17-6-2-1-3-7-17/h1-11,15-16,24,34H,12-14H2,(H,30,33). The van der Waals surface area contributed by atoms with E-state index in [-0.39, 0.29) is 12.5 Å². The Bertz CT molecular complexity index is 1330.